The Hall–Kier alpha value is -8.78. The number of benzene rings is 8. The van der Waals surface area contributed by atoms with E-state index in [2.05, 4.69) is 57.7 Å². The lowest BCUT2D eigenvalue weighted by molar-refractivity contribution is -0.139. The van der Waals surface area contributed by atoms with Gasteiger partial charge in [0, 0.05) is 52.1 Å². The predicted octanol–water partition coefficient (Wildman–Crippen LogP) is 13.8. The van der Waals surface area contributed by atoms with Gasteiger partial charge in [-0.3, -0.25) is 19.2 Å². The summed E-state index contributed by atoms with van der Waals surface area (Å²) in [6.07, 6.45) is -10.3. The Bertz CT molecular complexity index is 3320. The zero-order valence-corrected chi connectivity index (χ0v) is 37.7. The van der Waals surface area contributed by atoms with Gasteiger partial charge in [-0.25, -0.2) is 0 Å². The number of carbonyl (C=O) groups excluding carboxylic acids is 4. The van der Waals surface area contributed by atoms with Crippen molar-refractivity contribution in [3.63, 3.8) is 0 Å². The third kappa shape index (κ3) is 9.15. The standard InChI is InChI=1S/C57H40F6N4O4/c1-33(68)34-11-13-35(14-12-34)53(70)66-42-27-29-46(50(31-42)56(58,59)60)47-30-28-43(32-51(47)57(61,62)63)67-54(71)37-17-15-36(16-18-37)52(69)65-41-25-21-39(22-26-41)55(38-19-23-40(64-2)24-20-38)48-9-5-3-7-44(48)45-8-4-6-10-49(45)55/h3-32,64H,1-2H3,(H,65,69)(H,66,70)(H,67,71). The van der Waals surface area contributed by atoms with Crippen LogP contribution in [0.2, 0.25) is 0 Å². The molecule has 0 saturated carbocycles. The Morgan fingerprint density at radius 1 is 0.394 bits per heavy atom. The van der Waals surface area contributed by atoms with Gasteiger partial charge in [-0.05, 0) is 136 Å². The molecule has 1 aliphatic carbocycles. The molecular formula is C57H40F6N4O4. The average Bonchev–Trinajstić information content (AvgIpc) is 3.67. The van der Waals surface area contributed by atoms with Crippen molar-refractivity contribution in [2.24, 2.45) is 0 Å². The van der Waals surface area contributed by atoms with Crippen LogP contribution in [0.15, 0.2) is 182 Å². The van der Waals surface area contributed by atoms with Crippen LogP contribution in [-0.2, 0) is 17.8 Å². The first-order chi connectivity index (χ1) is 33.9. The minimum absolute atomic E-state index is 0.0134. The summed E-state index contributed by atoms with van der Waals surface area (Å²) in [7, 11) is 1.87. The highest BCUT2D eigenvalue weighted by atomic mass is 19.4. The first-order valence-electron chi connectivity index (χ1n) is 22.1. The topological polar surface area (TPSA) is 116 Å². The summed E-state index contributed by atoms with van der Waals surface area (Å²) in [6.45, 7) is 1.32. The van der Waals surface area contributed by atoms with Gasteiger partial charge in [0.1, 0.15) is 0 Å². The minimum atomic E-state index is -5.17. The van der Waals surface area contributed by atoms with Crippen molar-refractivity contribution in [1.82, 2.24) is 0 Å². The van der Waals surface area contributed by atoms with Gasteiger partial charge >= 0.3 is 12.4 Å². The van der Waals surface area contributed by atoms with Crippen molar-refractivity contribution < 1.29 is 45.5 Å². The number of halogens is 6. The number of ketones is 1. The zero-order valence-electron chi connectivity index (χ0n) is 37.7. The van der Waals surface area contributed by atoms with Gasteiger partial charge in [-0.1, -0.05) is 97.1 Å². The first kappa shape index (κ1) is 47.3. The average molecular weight is 959 g/mol. The van der Waals surface area contributed by atoms with Gasteiger partial charge < -0.3 is 21.3 Å². The highest BCUT2D eigenvalue weighted by molar-refractivity contribution is 6.08. The van der Waals surface area contributed by atoms with Crippen molar-refractivity contribution in [1.29, 1.82) is 0 Å². The van der Waals surface area contributed by atoms with E-state index in [4.69, 9.17) is 0 Å². The van der Waals surface area contributed by atoms with E-state index in [-0.39, 0.29) is 33.8 Å². The SMILES string of the molecule is CNc1ccc(C2(c3ccc(NC(=O)c4ccc(C(=O)Nc5ccc(-c6ccc(NC(=O)c7ccc(C(C)=O)cc7)cc6C(F)(F)F)c(C(F)(F)F)c5)cc4)cc3)c3ccccc3-c3ccccc32)cc1. The molecule has 0 heterocycles. The Labute approximate surface area is 403 Å². The van der Waals surface area contributed by atoms with Crippen LogP contribution >= 0.6 is 0 Å². The number of amides is 3. The number of carbonyl (C=O) groups is 4. The number of rotatable bonds is 11. The number of fused-ring (bicyclic) bond motifs is 3. The van der Waals surface area contributed by atoms with E-state index >= 15 is 0 Å². The maximum absolute atomic E-state index is 14.6. The minimum Gasteiger partial charge on any atom is -0.388 e. The van der Waals surface area contributed by atoms with E-state index < -0.39 is 57.7 Å². The molecule has 0 bridgehead atoms. The van der Waals surface area contributed by atoms with E-state index in [0.29, 0.717) is 23.4 Å². The van der Waals surface area contributed by atoms with Crippen molar-refractivity contribution >= 4 is 46.3 Å². The Kier molecular flexibility index (Phi) is 12.4. The third-order valence-electron chi connectivity index (χ3n) is 12.6. The maximum Gasteiger partial charge on any atom is 0.417 e. The fourth-order valence-electron chi connectivity index (χ4n) is 9.14. The van der Waals surface area contributed by atoms with Crippen LogP contribution in [0.25, 0.3) is 22.3 Å². The maximum atomic E-state index is 14.6. The normalized spacial score (nSPS) is 12.6. The molecule has 0 saturated heterocycles. The molecule has 0 aromatic heterocycles. The summed E-state index contributed by atoms with van der Waals surface area (Å²) in [4.78, 5) is 51.2. The van der Waals surface area contributed by atoms with Crippen LogP contribution in [0.5, 0.6) is 0 Å². The van der Waals surface area contributed by atoms with Crippen LogP contribution in [0.4, 0.5) is 49.1 Å². The summed E-state index contributed by atoms with van der Waals surface area (Å²) in [5.41, 5.74) is 2.64. The number of hydrogen-bond acceptors (Lipinski definition) is 5. The third-order valence-corrected chi connectivity index (χ3v) is 12.6. The fraction of sp³-hybridized carbons (Fsp3) is 0.0877. The molecule has 8 aromatic carbocycles. The molecule has 8 aromatic rings. The highest BCUT2D eigenvalue weighted by Crippen LogP contribution is 2.56. The lowest BCUT2D eigenvalue weighted by Crippen LogP contribution is -2.28. The largest absolute Gasteiger partial charge is 0.417 e. The van der Waals surface area contributed by atoms with Crippen LogP contribution in [0.3, 0.4) is 0 Å². The quantitative estimate of drug-likeness (QED) is 0.0761. The zero-order chi connectivity index (χ0) is 50.2. The van der Waals surface area contributed by atoms with E-state index in [0.717, 1.165) is 63.3 Å². The van der Waals surface area contributed by atoms with Gasteiger partial charge in [0.15, 0.2) is 5.78 Å². The second-order valence-corrected chi connectivity index (χ2v) is 16.8. The molecule has 0 spiro atoms. The summed E-state index contributed by atoms with van der Waals surface area (Å²) in [6, 6.07) is 48.1. The highest BCUT2D eigenvalue weighted by Gasteiger charge is 2.46. The van der Waals surface area contributed by atoms with Gasteiger partial charge in [-0.2, -0.15) is 26.3 Å². The molecule has 71 heavy (non-hydrogen) atoms. The molecular weight excluding hydrogens is 919 g/mol. The number of Topliss-reactive ketones (excluding diaryl/α,β-unsaturated/α-hetero) is 1. The first-order valence-corrected chi connectivity index (χ1v) is 22.1. The molecule has 0 unspecified atom stereocenters. The monoisotopic (exact) mass is 958 g/mol. The van der Waals surface area contributed by atoms with E-state index in [1.54, 1.807) is 0 Å². The Morgan fingerprint density at radius 3 is 1.10 bits per heavy atom. The van der Waals surface area contributed by atoms with Gasteiger partial charge in [0.05, 0.1) is 16.5 Å². The van der Waals surface area contributed by atoms with E-state index in [1.165, 1.54) is 55.5 Å². The molecule has 3 amide bonds. The molecule has 0 atom stereocenters. The molecule has 0 radical (unpaired) electrons. The molecule has 0 fully saturated rings. The van der Waals surface area contributed by atoms with Crippen LogP contribution in [0.1, 0.15) is 81.7 Å². The second kappa shape index (κ2) is 18.6. The molecule has 14 heteroatoms. The second-order valence-electron chi connectivity index (χ2n) is 16.8. The predicted molar refractivity (Wildman–Crippen MR) is 262 cm³/mol. The number of anilines is 4. The van der Waals surface area contributed by atoms with Crippen molar-refractivity contribution in [2.75, 3.05) is 28.3 Å². The number of alkyl halides is 6. The Balaban J connectivity index is 0.914. The molecule has 4 N–H and O–H groups in total. The lowest BCUT2D eigenvalue weighted by atomic mass is 9.67. The smallest absolute Gasteiger partial charge is 0.388 e. The summed E-state index contributed by atoms with van der Waals surface area (Å²) in [5.74, 6) is -2.40. The molecule has 0 aliphatic heterocycles. The lowest BCUT2D eigenvalue weighted by Gasteiger charge is -2.34. The molecule has 9 rings (SSSR count). The number of nitrogens with one attached hydrogen (secondary N) is 4. The van der Waals surface area contributed by atoms with Crippen molar-refractivity contribution in [3.05, 3.63) is 238 Å². The fourth-order valence-corrected chi connectivity index (χ4v) is 9.14. The van der Waals surface area contributed by atoms with Gasteiger partial charge in [0.2, 0.25) is 0 Å². The van der Waals surface area contributed by atoms with Gasteiger partial charge in [-0.15, -0.1) is 0 Å². The molecule has 8 nitrogen and oxygen atoms in total. The summed E-state index contributed by atoms with van der Waals surface area (Å²) >= 11 is 0. The van der Waals surface area contributed by atoms with Crippen LogP contribution in [0, 0.1) is 0 Å². The summed E-state index contributed by atoms with van der Waals surface area (Å²) in [5, 5.41) is 10.8. The van der Waals surface area contributed by atoms with Crippen molar-refractivity contribution in [2.45, 2.75) is 24.7 Å². The molecule has 354 valence electrons. The van der Waals surface area contributed by atoms with Gasteiger partial charge in [0.25, 0.3) is 17.7 Å². The van der Waals surface area contributed by atoms with Crippen LogP contribution in [-0.4, -0.2) is 30.6 Å². The van der Waals surface area contributed by atoms with Crippen molar-refractivity contribution in [3.8, 4) is 22.3 Å². The number of hydrogen-bond donors (Lipinski definition) is 4. The summed E-state index contributed by atoms with van der Waals surface area (Å²) < 4.78 is 87.2. The van der Waals surface area contributed by atoms with E-state index in [1.807, 2.05) is 67.7 Å². The Morgan fingerprint density at radius 2 is 0.732 bits per heavy atom. The molecule has 1 aliphatic rings. The van der Waals surface area contributed by atoms with Crippen LogP contribution < -0.4 is 21.3 Å². The van der Waals surface area contributed by atoms with E-state index in [9.17, 15) is 45.5 Å².